The fourth-order valence-electron chi connectivity index (χ4n) is 2.37. The first-order valence-electron chi connectivity index (χ1n) is 7.83. The molecule has 1 heterocycles. The molecule has 0 aliphatic carbocycles. The van der Waals surface area contributed by atoms with Crippen LogP contribution >= 0.6 is 0 Å². The van der Waals surface area contributed by atoms with E-state index in [0.717, 1.165) is 23.2 Å². The molecule has 0 aliphatic rings. The first kappa shape index (κ1) is 18.2. The maximum Gasteiger partial charge on any atom is 0.272 e. The Morgan fingerprint density at radius 2 is 1.92 bits per heavy atom. The van der Waals surface area contributed by atoms with Gasteiger partial charge in [0.25, 0.3) is 5.91 Å². The van der Waals surface area contributed by atoms with Crippen LogP contribution in [0.2, 0.25) is 0 Å². The molecule has 1 amide bonds. The molecule has 6 nitrogen and oxygen atoms in total. The summed E-state index contributed by atoms with van der Waals surface area (Å²) in [6.45, 7) is 5.51. The second-order valence-electron chi connectivity index (χ2n) is 6.03. The number of aromatic nitrogens is 2. The molecule has 1 aromatic heterocycles. The Hall–Kier alpha value is -2.15. The van der Waals surface area contributed by atoms with Gasteiger partial charge in [0.1, 0.15) is 5.69 Å². The predicted octanol–water partition coefficient (Wildman–Crippen LogP) is 2.18. The Morgan fingerprint density at radius 3 is 2.42 bits per heavy atom. The van der Waals surface area contributed by atoms with Crippen LogP contribution in [0.25, 0.3) is 0 Å². The predicted molar refractivity (Wildman–Crippen MR) is 93.7 cm³/mol. The number of aryl methyl sites for hydroxylation is 2. The van der Waals surface area contributed by atoms with Gasteiger partial charge in [-0.2, -0.15) is 5.10 Å². The van der Waals surface area contributed by atoms with E-state index >= 15 is 0 Å². The number of aromatic amines is 1. The van der Waals surface area contributed by atoms with Crippen molar-refractivity contribution in [1.29, 1.82) is 0 Å². The van der Waals surface area contributed by atoms with E-state index in [1.165, 1.54) is 6.26 Å². The summed E-state index contributed by atoms with van der Waals surface area (Å²) >= 11 is 0. The number of amides is 1. The Balaban J connectivity index is 2.32. The summed E-state index contributed by atoms with van der Waals surface area (Å²) in [5.41, 5.74) is 2.92. The van der Waals surface area contributed by atoms with Crippen LogP contribution in [0.15, 0.2) is 30.3 Å². The number of carbonyl (C=O) groups is 1. The van der Waals surface area contributed by atoms with E-state index in [9.17, 15) is 13.2 Å². The zero-order valence-electron chi connectivity index (χ0n) is 14.3. The Labute approximate surface area is 142 Å². The molecule has 7 heteroatoms. The summed E-state index contributed by atoms with van der Waals surface area (Å²) in [6.07, 6.45) is 1.91. The fraction of sp³-hybridized carbons (Fsp3) is 0.412. The average Bonchev–Trinajstić information content (AvgIpc) is 3.01. The minimum atomic E-state index is -3.33. The van der Waals surface area contributed by atoms with Crippen molar-refractivity contribution in [2.45, 2.75) is 38.5 Å². The average molecular weight is 349 g/mol. The Morgan fingerprint density at radius 1 is 1.29 bits per heavy atom. The standard InChI is InChI=1S/C17H23N3O3S/c1-5-14-10-15(20-19-14)17(21)18-16(12(3)24(4,22)23)13-8-6-11(2)7-9-13/h6-10,12,16H,5H2,1-4H3,(H,18,21)(H,19,20)/t12-,16+/m1/s1. The number of rotatable bonds is 6. The number of hydrogen-bond donors (Lipinski definition) is 2. The number of H-pyrrole nitrogens is 1. The monoisotopic (exact) mass is 349 g/mol. The number of nitrogens with zero attached hydrogens (tertiary/aromatic N) is 1. The number of benzene rings is 1. The molecule has 0 saturated carbocycles. The van der Waals surface area contributed by atoms with Crippen molar-refractivity contribution in [2.75, 3.05) is 6.26 Å². The SMILES string of the molecule is CCc1cc(C(=O)N[C@H](c2ccc(C)cc2)[C@@H](C)S(C)(=O)=O)n[nH]1. The van der Waals surface area contributed by atoms with Crippen LogP contribution < -0.4 is 5.32 Å². The van der Waals surface area contributed by atoms with Crippen LogP contribution in [0.5, 0.6) is 0 Å². The Kier molecular flexibility index (Phi) is 5.43. The molecule has 0 aliphatic heterocycles. The van der Waals surface area contributed by atoms with Gasteiger partial charge in [0.2, 0.25) is 0 Å². The zero-order valence-corrected chi connectivity index (χ0v) is 15.1. The third-order valence-corrected chi connectivity index (χ3v) is 5.74. The Bertz CT molecular complexity index is 810. The van der Waals surface area contributed by atoms with Gasteiger partial charge in [0.05, 0.1) is 11.3 Å². The first-order valence-corrected chi connectivity index (χ1v) is 9.78. The number of carbonyl (C=O) groups excluding carboxylic acids is 1. The van der Waals surface area contributed by atoms with Crippen molar-refractivity contribution in [3.05, 3.63) is 52.8 Å². The van der Waals surface area contributed by atoms with E-state index in [1.54, 1.807) is 13.0 Å². The van der Waals surface area contributed by atoms with Gasteiger partial charge in [-0.1, -0.05) is 36.8 Å². The lowest BCUT2D eigenvalue weighted by molar-refractivity contribution is 0.0931. The molecular formula is C17H23N3O3S. The van der Waals surface area contributed by atoms with E-state index in [-0.39, 0.29) is 5.69 Å². The highest BCUT2D eigenvalue weighted by atomic mass is 32.2. The van der Waals surface area contributed by atoms with Crippen molar-refractivity contribution in [3.8, 4) is 0 Å². The topological polar surface area (TPSA) is 91.9 Å². The van der Waals surface area contributed by atoms with Gasteiger partial charge < -0.3 is 5.32 Å². The second kappa shape index (κ2) is 7.17. The number of sulfone groups is 1. The van der Waals surface area contributed by atoms with Crippen LogP contribution in [0.4, 0.5) is 0 Å². The van der Waals surface area contributed by atoms with Crippen molar-refractivity contribution < 1.29 is 13.2 Å². The molecular weight excluding hydrogens is 326 g/mol. The molecule has 2 aromatic rings. The highest BCUT2D eigenvalue weighted by Crippen LogP contribution is 2.23. The lowest BCUT2D eigenvalue weighted by Crippen LogP contribution is -2.38. The number of nitrogens with one attached hydrogen (secondary N) is 2. The van der Waals surface area contributed by atoms with Crippen LogP contribution in [0.1, 0.15) is 47.2 Å². The van der Waals surface area contributed by atoms with Crippen molar-refractivity contribution in [1.82, 2.24) is 15.5 Å². The van der Waals surface area contributed by atoms with E-state index in [2.05, 4.69) is 15.5 Å². The molecule has 0 unspecified atom stereocenters. The lowest BCUT2D eigenvalue weighted by atomic mass is 10.0. The summed E-state index contributed by atoms with van der Waals surface area (Å²) in [4.78, 5) is 12.5. The van der Waals surface area contributed by atoms with Gasteiger partial charge >= 0.3 is 0 Å². The maximum absolute atomic E-state index is 12.5. The van der Waals surface area contributed by atoms with Crippen molar-refractivity contribution in [3.63, 3.8) is 0 Å². The molecule has 130 valence electrons. The maximum atomic E-state index is 12.5. The molecule has 2 N–H and O–H groups in total. The normalized spacial score (nSPS) is 14.2. The smallest absolute Gasteiger partial charge is 0.272 e. The lowest BCUT2D eigenvalue weighted by Gasteiger charge is -2.24. The summed E-state index contributed by atoms with van der Waals surface area (Å²) in [6, 6.07) is 8.50. The van der Waals surface area contributed by atoms with Gasteiger partial charge in [-0.05, 0) is 31.9 Å². The second-order valence-corrected chi connectivity index (χ2v) is 8.43. The summed E-state index contributed by atoms with van der Waals surface area (Å²) in [5, 5.41) is 8.83. The van der Waals surface area contributed by atoms with E-state index in [4.69, 9.17) is 0 Å². The zero-order chi connectivity index (χ0) is 17.9. The van der Waals surface area contributed by atoms with E-state index in [1.807, 2.05) is 38.1 Å². The van der Waals surface area contributed by atoms with Crippen LogP contribution in [-0.4, -0.2) is 36.0 Å². The highest BCUT2D eigenvalue weighted by Gasteiger charge is 2.29. The van der Waals surface area contributed by atoms with Crippen molar-refractivity contribution in [2.24, 2.45) is 0 Å². The molecule has 1 aromatic carbocycles. The van der Waals surface area contributed by atoms with Gasteiger partial charge in [-0.25, -0.2) is 8.42 Å². The third kappa shape index (κ3) is 4.23. The first-order chi connectivity index (χ1) is 11.2. The van der Waals surface area contributed by atoms with Crippen LogP contribution in [-0.2, 0) is 16.3 Å². The fourth-order valence-corrected chi connectivity index (χ4v) is 3.09. The van der Waals surface area contributed by atoms with E-state index in [0.29, 0.717) is 0 Å². The highest BCUT2D eigenvalue weighted by molar-refractivity contribution is 7.91. The molecule has 2 rings (SSSR count). The van der Waals surface area contributed by atoms with Crippen LogP contribution in [0.3, 0.4) is 0 Å². The van der Waals surface area contributed by atoms with Gasteiger partial charge in [-0.3, -0.25) is 9.89 Å². The quantitative estimate of drug-likeness (QED) is 0.836. The van der Waals surface area contributed by atoms with Gasteiger partial charge in [0, 0.05) is 11.9 Å². The molecule has 0 spiro atoms. The molecule has 0 fully saturated rings. The molecule has 2 atom stereocenters. The summed E-state index contributed by atoms with van der Waals surface area (Å²) in [7, 11) is -3.33. The summed E-state index contributed by atoms with van der Waals surface area (Å²) in [5.74, 6) is -0.396. The van der Waals surface area contributed by atoms with Gasteiger partial charge in [-0.15, -0.1) is 0 Å². The molecule has 0 saturated heterocycles. The largest absolute Gasteiger partial charge is 0.343 e. The third-order valence-electron chi connectivity index (χ3n) is 4.11. The minimum Gasteiger partial charge on any atom is -0.343 e. The number of hydrogen-bond acceptors (Lipinski definition) is 4. The molecule has 0 bridgehead atoms. The summed E-state index contributed by atoms with van der Waals surface area (Å²) < 4.78 is 24.0. The van der Waals surface area contributed by atoms with Crippen LogP contribution in [0, 0.1) is 6.92 Å². The minimum absolute atomic E-state index is 0.254. The van der Waals surface area contributed by atoms with E-state index < -0.39 is 27.0 Å². The molecule has 24 heavy (non-hydrogen) atoms. The van der Waals surface area contributed by atoms with Crippen molar-refractivity contribution >= 4 is 15.7 Å². The van der Waals surface area contributed by atoms with Gasteiger partial charge in [0.15, 0.2) is 9.84 Å². The molecule has 0 radical (unpaired) electrons.